The van der Waals surface area contributed by atoms with E-state index in [4.69, 9.17) is 18.9 Å². The fourth-order valence-corrected chi connectivity index (χ4v) is 6.01. The third kappa shape index (κ3) is 4.60. The molecule has 4 saturated carbocycles. The predicted octanol–water partition coefficient (Wildman–Crippen LogP) is 3.63. The van der Waals surface area contributed by atoms with Crippen LogP contribution in [0.1, 0.15) is 59.3 Å². The zero-order chi connectivity index (χ0) is 20.3. The molecule has 4 bridgehead atoms. The number of rotatable bonds is 10. The topological polar surface area (TPSA) is 71.1 Å². The van der Waals surface area contributed by atoms with Crippen LogP contribution in [-0.2, 0) is 28.5 Å². The Morgan fingerprint density at radius 2 is 1.54 bits per heavy atom. The third-order valence-electron chi connectivity index (χ3n) is 6.53. The number of ether oxygens (including phenoxy) is 4. The van der Waals surface area contributed by atoms with E-state index in [-0.39, 0.29) is 17.1 Å². The Balaban J connectivity index is 1.71. The molecule has 4 aliphatic rings. The lowest BCUT2D eigenvalue weighted by Crippen LogP contribution is -2.57. The van der Waals surface area contributed by atoms with Gasteiger partial charge in [-0.15, -0.1) is 0 Å². The molecule has 0 saturated heterocycles. The summed E-state index contributed by atoms with van der Waals surface area (Å²) in [6.45, 7) is 9.40. The predicted molar refractivity (Wildman–Crippen MR) is 103 cm³/mol. The summed E-state index contributed by atoms with van der Waals surface area (Å²) in [5.74, 6) is 1.03. The molecule has 4 aliphatic carbocycles. The van der Waals surface area contributed by atoms with Gasteiger partial charge in [0.2, 0.25) is 6.29 Å². The molecule has 158 valence electrons. The lowest BCUT2D eigenvalue weighted by Gasteiger charge is -2.59. The van der Waals surface area contributed by atoms with Crippen molar-refractivity contribution in [3.05, 3.63) is 12.2 Å². The molecule has 0 aromatic carbocycles. The minimum absolute atomic E-state index is 0.0132. The van der Waals surface area contributed by atoms with Crippen molar-refractivity contribution in [2.45, 2.75) is 71.7 Å². The van der Waals surface area contributed by atoms with Crippen LogP contribution in [0.4, 0.5) is 0 Å². The first-order valence-corrected chi connectivity index (χ1v) is 10.6. The Kier molecular flexibility index (Phi) is 6.81. The van der Waals surface area contributed by atoms with Gasteiger partial charge in [-0.3, -0.25) is 0 Å². The quantitative estimate of drug-likeness (QED) is 0.320. The smallest absolute Gasteiger partial charge is 0.346 e. The largest absolute Gasteiger partial charge is 0.450 e. The standard InChI is InChI=1S/C22H34O6/c1-5-25-19(22-10-15-7-16(11-22)9-17(8-15)12-22)21(26-6-2)28-18(23)13-27-20(24)14(3)4/h15-17,19,21H,3,5-13H2,1-2,4H3. The number of esters is 2. The SMILES string of the molecule is C=C(C)C(=O)OCC(=O)OC(OCC)C(OCC)C12CC3CC(CC(C3)C1)C2. The molecule has 2 unspecified atom stereocenters. The van der Waals surface area contributed by atoms with Gasteiger partial charge in [-0.2, -0.15) is 0 Å². The second-order valence-corrected chi connectivity index (χ2v) is 8.83. The van der Waals surface area contributed by atoms with E-state index in [0.29, 0.717) is 13.2 Å². The minimum Gasteiger partial charge on any atom is -0.450 e. The molecule has 0 spiro atoms. The molecule has 6 heteroatoms. The van der Waals surface area contributed by atoms with Crippen molar-refractivity contribution >= 4 is 11.9 Å². The summed E-state index contributed by atoms with van der Waals surface area (Å²) in [6, 6.07) is 0. The molecule has 0 N–H and O–H groups in total. The van der Waals surface area contributed by atoms with Crippen LogP contribution in [0.25, 0.3) is 0 Å². The van der Waals surface area contributed by atoms with E-state index in [1.54, 1.807) is 0 Å². The Morgan fingerprint density at radius 3 is 2.00 bits per heavy atom. The van der Waals surface area contributed by atoms with Gasteiger partial charge in [-0.25, -0.2) is 9.59 Å². The number of hydrogen-bond acceptors (Lipinski definition) is 6. The van der Waals surface area contributed by atoms with Gasteiger partial charge >= 0.3 is 11.9 Å². The van der Waals surface area contributed by atoms with Crippen molar-refractivity contribution in [2.24, 2.45) is 23.2 Å². The van der Waals surface area contributed by atoms with Crippen LogP contribution in [0.5, 0.6) is 0 Å². The van der Waals surface area contributed by atoms with Crippen LogP contribution in [0.3, 0.4) is 0 Å². The van der Waals surface area contributed by atoms with Crippen LogP contribution >= 0.6 is 0 Å². The normalized spacial score (nSPS) is 32.6. The molecule has 0 aliphatic heterocycles. The average molecular weight is 395 g/mol. The lowest BCUT2D eigenvalue weighted by atomic mass is 9.48. The zero-order valence-corrected chi connectivity index (χ0v) is 17.4. The van der Waals surface area contributed by atoms with Crippen LogP contribution < -0.4 is 0 Å². The van der Waals surface area contributed by atoms with Gasteiger partial charge < -0.3 is 18.9 Å². The number of carbonyl (C=O) groups is 2. The van der Waals surface area contributed by atoms with E-state index in [9.17, 15) is 9.59 Å². The average Bonchev–Trinajstić information content (AvgIpc) is 2.62. The van der Waals surface area contributed by atoms with Crippen molar-refractivity contribution in [3.63, 3.8) is 0 Å². The second kappa shape index (κ2) is 8.95. The van der Waals surface area contributed by atoms with Crippen molar-refractivity contribution in [1.29, 1.82) is 0 Å². The molecular weight excluding hydrogens is 360 g/mol. The van der Waals surface area contributed by atoms with Crippen molar-refractivity contribution < 1.29 is 28.5 Å². The number of carbonyl (C=O) groups excluding carboxylic acids is 2. The van der Waals surface area contributed by atoms with E-state index in [1.807, 2.05) is 13.8 Å². The summed E-state index contributed by atoms with van der Waals surface area (Å²) < 4.78 is 22.6. The van der Waals surface area contributed by atoms with Gasteiger partial charge in [-0.1, -0.05) is 6.58 Å². The maximum Gasteiger partial charge on any atom is 0.346 e. The molecule has 0 radical (unpaired) electrons. The fourth-order valence-electron chi connectivity index (χ4n) is 6.01. The first-order chi connectivity index (χ1) is 13.4. The maximum absolute atomic E-state index is 12.3. The summed E-state index contributed by atoms with van der Waals surface area (Å²) >= 11 is 0. The van der Waals surface area contributed by atoms with E-state index in [2.05, 4.69) is 6.58 Å². The highest BCUT2D eigenvalue weighted by molar-refractivity contribution is 5.88. The highest BCUT2D eigenvalue weighted by Gasteiger charge is 2.57. The maximum atomic E-state index is 12.3. The molecule has 28 heavy (non-hydrogen) atoms. The molecular formula is C22H34O6. The Hall–Kier alpha value is -1.40. The van der Waals surface area contributed by atoms with Crippen LogP contribution in [0, 0.1) is 23.2 Å². The van der Waals surface area contributed by atoms with Crippen molar-refractivity contribution in [1.82, 2.24) is 0 Å². The molecule has 0 aromatic heterocycles. The Morgan fingerprint density at radius 1 is 1.00 bits per heavy atom. The van der Waals surface area contributed by atoms with Crippen molar-refractivity contribution in [2.75, 3.05) is 19.8 Å². The monoisotopic (exact) mass is 394 g/mol. The highest BCUT2D eigenvalue weighted by atomic mass is 16.7. The summed E-state index contributed by atoms with van der Waals surface area (Å²) in [5.41, 5.74) is 0.258. The summed E-state index contributed by atoms with van der Waals surface area (Å²) in [7, 11) is 0. The molecule has 0 amide bonds. The molecule has 0 heterocycles. The van der Waals surface area contributed by atoms with Crippen LogP contribution in [-0.4, -0.2) is 44.2 Å². The van der Waals surface area contributed by atoms with Gasteiger partial charge in [0.1, 0.15) is 6.10 Å². The molecule has 4 fully saturated rings. The van der Waals surface area contributed by atoms with Gasteiger partial charge in [-0.05, 0) is 77.0 Å². The molecule has 4 rings (SSSR count). The summed E-state index contributed by atoms with van der Waals surface area (Å²) in [6.07, 6.45) is 6.28. The third-order valence-corrected chi connectivity index (χ3v) is 6.53. The van der Waals surface area contributed by atoms with E-state index in [0.717, 1.165) is 37.0 Å². The van der Waals surface area contributed by atoms with E-state index in [1.165, 1.54) is 26.2 Å². The fraction of sp³-hybridized carbons (Fsp3) is 0.818. The second-order valence-electron chi connectivity index (χ2n) is 8.83. The molecule has 6 nitrogen and oxygen atoms in total. The van der Waals surface area contributed by atoms with Gasteiger partial charge in [0.15, 0.2) is 6.61 Å². The van der Waals surface area contributed by atoms with Crippen LogP contribution in [0.2, 0.25) is 0 Å². The van der Waals surface area contributed by atoms with Gasteiger partial charge in [0, 0.05) is 24.2 Å². The molecule has 0 aromatic rings. The van der Waals surface area contributed by atoms with E-state index < -0.39 is 24.8 Å². The number of hydrogen-bond donors (Lipinski definition) is 0. The van der Waals surface area contributed by atoms with Gasteiger partial charge in [0.25, 0.3) is 0 Å². The first-order valence-electron chi connectivity index (χ1n) is 10.6. The first kappa shape index (κ1) is 21.3. The Bertz CT molecular complexity index is 563. The zero-order valence-electron chi connectivity index (χ0n) is 17.4. The molecule has 2 atom stereocenters. The van der Waals surface area contributed by atoms with Crippen molar-refractivity contribution in [3.8, 4) is 0 Å². The summed E-state index contributed by atoms with van der Waals surface area (Å²) in [5, 5.41) is 0. The van der Waals surface area contributed by atoms with E-state index >= 15 is 0 Å². The summed E-state index contributed by atoms with van der Waals surface area (Å²) in [4.78, 5) is 23.9. The Labute approximate surface area is 167 Å². The highest BCUT2D eigenvalue weighted by Crippen LogP contribution is 2.62. The minimum atomic E-state index is -0.780. The van der Waals surface area contributed by atoms with Gasteiger partial charge in [0.05, 0.1) is 0 Å². The lowest BCUT2D eigenvalue weighted by molar-refractivity contribution is -0.254. The van der Waals surface area contributed by atoms with Crippen LogP contribution in [0.15, 0.2) is 12.2 Å².